The first-order valence-electron chi connectivity index (χ1n) is 4.99. The van der Waals surface area contributed by atoms with Crippen LogP contribution in [0.15, 0.2) is 18.2 Å². The number of carbonyl (C=O) groups excluding carboxylic acids is 1. The van der Waals surface area contributed by atoms with Gasteiger partial charge in [-0.15, -0.1) is 0 Å². The molecule has 0 saturated carbocycles. The second-order valence-electron chi connectivity index (χ2n) is 3.54. The second-order valence-corrected chi connectivity index (χ2v) is 3.54. The summed E-state index contributed by atoms with van der Waals surface area (Å²) in [5.74, 6) is -0.268. The highest BCUT2D eigenvalue weighted by Gasteiger charge is 2.14. The first kappa shape index (κ1) is 11.6. The smallest absolute Gasteiger partial charge is 0.338 e. The fourth-order valence-corrected chi connectivity index (χ4v) is 1.67. The average molecular weight is 207 g/mol. The van der Waals surface area contributed by atoms with Crippen molar-refractivity contribution in [3.05, 3.63) is 29.3 Å². The predicted molar refractivity (Wildman–Crippen MR) is 61.5 cm³/mol. The molecule has 0 spiro atoms. The first-order valence-corrected chi connectivity index (χ1v) is 4.99. The molecule has 0 aliphatic heterocycles. The number of hydrogen-bond donors (Lipinski definition) is 0. The van der Waals surface area contributed by atoms with Crippen molar-refractivity contribution in [2.24, 2.45) is 0 Å². The highest BCUT2D eigenvalue weighted by molar-refractivity contribution is 5.92. The van der Waals surface area contributed by atoms with Crippen molar-refractivity contribution in [1.82, 2.24) is 0 Å². The van der Waals surface area contributed by atoms with Gasteiger partial charge in [-0.3, -0.25) is 0 Å². The summed E-state index contributed by atoms with van der Waals surface area (Å²) >= 11 is 0. The van der Waals surface area contributed by atoms with E-state index in [0.29, 0.717) is 5.56 Å². The van der Waals surface area contributed by atoms with Crippen LogP contribution >= 0.6 is 0 Å². The summed E-state index contributed by atoms with van der Waals surface area (Å²) < 4.78 is 4.76. The SMILES string of the molecule is CCc1c(C(=O)OC)cccc1N(C)C. The fraction of sp³-hybridized carbons (Fsp3) is 0.417. The summed E-state index contributed by atoms with van der Waals surface area (Å²) in [4.78, 5) is 13.5. The second kappa shape index (κ2) is 4.82. The van der Waals surface area contributed by atoms with E-state index in [1.807, 2.05) is 38.1 Å². The third-order valence-corrected chi connectivity index (χ3v) is 2.39. The number of ether oxygens (including phenoxy) is 1. The Morgan fingerprint density at radius 1 is 1.40 bits per heavy atom. The summed E-state index contributed by atoms with van der Waals surface area (Å²) in [5, 5.41) is 0. The summed E-state index contributed by atoms with van der Waals surface area (Å²) in [6.45, 7) is 2.04. The molecule has 3 nitrogen and oxygen atoms in total. The zero-order valence-electron chi connectivity index (χ0n) is 9.70. The lowest BCUT2D eigenvalue weighted by Crippen LogP contribution is -2.14. The number of carbonyl (C=O) groups is 1. The van der Waals surface area contributed by atoms with Crippen LogP contribution in [0.4, 0.5) is 5.69 Å². The van der Waals surface area contributed by atoms with E-state index in [0.717, 1.165) is 17.7 Å². The Labute approximate surface area is 90.7 Å². The van der Waals surface area contributed by atoms with Gasteiger partial charge in [0, 0.05) is 19.8 Å². The Balaban J connectivity index is 3.28. The third-order valence-electron chi connectivity index (χ3n) is 2.39. The van der Waals surface area contributed by atoms with Gasteiger partial charge in [0.2, 0.25) is 0 Å². The van der Waals surface area contributed by atoms with Crippen molar-refractivity contribution in [2.45, 2.75) is 13.3 Å². The van der Waals surface area contributed by atoms with E-state index in [1.54, 1.807) is 6.07 Å². The molecule has 0 aliphatic carbocycles. The standard InChI is InChI=1S/C12H17NO2/c1-5-9-10(12(14)15-4)7-6-8-11(9)13(2)3/h6-8H,5H2,1-4H3. The molecule has 0 aliphatic rings. The lowest BCUT2D eigenvalue weighted by atomic mass is 10.0. The van der Waals surface area contributed by atoms with E-state index in [4.69, 9.17) is 4.74 Å². The molecule has 15 heavy (non-hydrogen) atoms. The minimum atomic E-state index is -0.268. The number of methoxy groups -OCH3 is 1. The lowest BCUT2D eigenvalue weighted by molar-refractivity contribution is 0.0599. The molecule has 0 radical (unpaired) electrons. The normalized spacial score (nSPS) is 9.87. The van der Waals surface area contributed by atoms with E-state index in [9.17, 15) is 4.79 Å². The van der Waals surface area contributed by atoms with Gasteiger partial charge in [-0.2, -0.15) is 0 Å². The molecule has 3 heteroatoms. The fourth-order valence-electron chi connectivity index (χ4n) is 1.67. The molecule has 0 heterocycles. The van der Waals surface area contributed by atoms with E-state index < -0.39 is 0 Å². The van der Waals surface area contributed by atoms with Gasteiger partial charge in [0.1, 0.15) is 0 Å². The van der Waals surface area contributed by atoms with Crippen LogP contribution in [0.25, 0.3) is 0 Å². The molecule has 0 aromatic heterocycles. The van der Waals surface area contributed by atoms with E-state index in [1.165, 1.54) is 7.11 Å². The molecule has 1 rings (SSSR count). The van der Waals surface area contributed by atoms with Crippen LogP contribution in [0.3, 0.4) is 0 Å². The zero-order valence-corrected chi connectivity index (χ0v) is 9.70. The maximum absolute atomic E-state index is 11.5. The summed E-state index contributed by atoms with van der Waals surface area (Å²) in [7, 11) is 5.34. The predicted octanol–water partition coefficient (Wildman–Crippen LogP) is 2.10. The van der Waals surface area contributed by atoms with Crippen molar-refractivity contribution in [3.63, 3.8) is 0 Å². The number of esters is 1. The van der Waals surface area contributed by atoms with Crippen LogP contribution in [0.1, 0.15) is 22.8 Å². The van der Waals surface area contributed by atoms with E-state index in [-0.39, 0.29) is 5.97 Å². The van der Waals surface area contributed by atoms with Crippen molar-refractivity contribution in [1.29, 1.82) is 0 Å². The van der Waals surface area contributed by atoms with Crippen LogP contribution in [-0.4, -0.2) is 27.2 Å². The number of benzene rings is 1. The Morgan fingerprint density at radius 2 is 2.07 bits per heavy atom. The molecule has 0 N–H and O–H groups in total. The largest absolute Gasteiger partial charge is 0.465 e. The highest BCUT2D eigenvalue weighted by atomic mass is 16.5. The molecule has 1 aromatic carbocycles. The minimum absolute atomic E-state index is 0.268. The molecule has 82 valence electrons. The average Bonchev–Trinajstić information content (AvgIpc) is 2.26. The zero-order chi connectivity index (χ0) is 11.4. The van der Waals surface area contributed by atoms with Crippen molar-refractivity contribution in [2.75, 3.05) is 26.1 Å². The Kier molecular flexibility index (Phi) is 3.72. The van der Waals surface area contributed by atoms with Crippen LogP contribution < -0.4 is 4.90 Å². The van der Waals surface area contributed by atoms with Gasteiger partial charge < -0.3 is 9.64 Å². The van der Waals surface area contributed by atoms with Crippen LogP contribution in [0, 0.1) is 0 Å². The van der Waals surface area contributed by atoms with Gasteiger partial charge in [-0.25, -0.2) is 4.79 Å². The molecular weight excluding hydrogens is 190 g/mol. The Hall–Kier alpha value is -1.51. The van der Waals surface area contributed by atoms with E-state index in [2.05, 4.69) is 0 Å². The molecule has 0 atom stereocenters. The van der Waals surface area contributed by atoms with Gasteiger partial charge in [0.15, 0.2) is 0 Å². The van der Waals surface area contributed by atoms with Gasteiger partial charge >= 0.3 is 5.97 Å². The highest BCUT2D eigenvalue weighted by Crippen LogP contribution is 2.23. The lowest BCUT2D eigenvalue weighted by Gasteiger charge is -2.18. The van der Waals surface area contributed by atoms with Crippen molar-refractivity contribution < 1.29 is 9.53 Å². The van der Waals surface area contributed by atoms with E-state index >= 15 is 0 Å². The van der Waals surface area contributed by atoms with Gasteiger partial charge in [-0.1, -0.05) is 13.0 Å². The van der Waals surface area contributed by atoms with Crippen molar-refractivity contribution in [3.8, 4) is 0 Å². The Bertz CT molecular complexity index is 359. The third kappa shape index (κ3) is 2.29. The summed E-state index contributed by atoms with van der Waals surface area (Å²) in [6, 6.07) is 5.68. The molecular formula is C12H17NO2. The van der Waals surface area contributed by atoms with Crippen LogP contribution in [-0.2, 0) is 11.2 Å². The monoisotopic (exact) mass is 207 g/mol. The molecule has 0 unspecified atom stereocenters. The van der Waals surface area contributed by atoms with Crippen molar-refractivity contribution >= 4 is 11.7 Å². The van der Waals surface area contributed by atoms with Gasteiger partial charge in [0.25, 0.3) is 0 Å². The molecule has 0 amide bonds. The number of anilines is 1. The maximum atomic E-state index is 11.5. The summed E-state index contributed by atoms with van der Waals surface area (Å²) in [6.07, 6.45) is 0.818. The quantitative estimate of drug-likeness (QED) is 0.711. The Morgan fingerprint density at radius 3 is 2.53 bits per heavy atom. The van der Waals surface area contributed by atoms with Gasteiger partial charge in [-0.05, 0) is 24.1 Å². The minimum Gasteiger partial charge on any atom is -0.465 e. The van der Waals surface area contributed by atoms with Crippen LogP contribution in [0.2, 0.25) is 0 Å². The number of rotatable bonds is 3. The van der Waals surface area contributed by atoms with Gasteiger partial charge in [0.05, 0.1) is 12.7 Å². The maximum Gasteiger partial charge on any atom is 0.338 e. The molecule has 0 fully saturated rings. The number of hydrogen-bond acceptors (Lipinski definition) is 3. The number of nitrogens with zero attached hydrogens (tertiary/aromatic N) is 1. The first-order chi connectivity index (χ1) is 7.11. The topological polar surface area (TPSA) is 29.5 Å². The summed E-state index contributed by atoms with van der Waals surface area (Å²) in [5.41, 5.74) is 2.76. The molecule has 1 aromatic rings. The molecule has 0 bridgehead atoms. The van der Waals surface area contributed by atoms with Crippen LogP contribution in [0.5, 0.6) is 0 Å². The molecule has 0 saturated heterocycles.